The van der Waals surface area contributed by atoms with Crippen molar-refractivity contribution in [1.29, 1.82) is 0 Å². The third-order valence-electron chi connectivity index (χ3n) is 4.23. The molecule has 2 rings (SSSR count). The zero-order valence-corrected chi connectivity index (χ0v) is 16.2. The van der Waals surface area contributed by atoms with Crippen LogP contribution in [0.25, 0.3) is 0 Å². The van der Waals surface area contributed by atoms with Crippen LogP contribution in [0.4, 0.5) is 0 Å². The fourth-order valence-corrected chi connectivity index (χ4v) is 2.51. The number of nitrogens with two attached hydrogens (primary N) is 1. The summed E-state index contributed by atoms with van der Waals surface area (Å²) in [4.78, 5) is 12.3. The van der Waals surface area contributed by atoms with Crippen LogP contribution in [0.15, 0.2) is 48.5 Å². The number of amides is 1. The number of benzene rings is 2. The fourth-order valence-electron chi connectivity index (χ4n) is 2.51. The summed E-state index contributed by atoms with van der Waals surface area (Å²) >= 11 is 0. The minimum atomic E-state index is -0.225. The van der Waals surface area contributed by atoms with Crippen molar-refractivity contribution in [3.63, 3.8) is 0 Å². The van der Waals surface area contributed by atoms with Gasteiger partial charge < -0.3 is 20.5 Å². The second-order valence-corrected chi connectivity index (χ2v) is 6.02. The molecule has 6 heteroatoms. The molecule has 0 aliphatic heterocycles. The van der Waals surface area contributed by atoms with Crippen LogP contribution in [0, 0.1) is 5.92 Å². The Balaban J connectivity index is 0.00000338. The summed E-state index contributed by atoms with van der Waals surface area (Å²) in [5.41, 5.74) is 7.75. The number of hydrogen-bond donors (Lipinski definition) is 2. The third-order valence-corrected chi connectivity index (χ3v) is 4.23. The standard InChI is InChI=1S/C20H26N2O3.ClH/c1-14(13-21)20(23)22-19(16-6-10-18(25-3)11-7-16)12-15-4-8-17(24-2)9-5-15;/h4-11,14,19H,12-13,21H2,1-3H3,(H,22,23);1H. The molecule has 0 aliphatic rings. The molecule has 26 heavy (non-hydrogen) atoms. The molecule has 3 N–H and O–H groups in total. The second-order valence-electron chi connectivity index (χ2n) is 6.02. The molecule has 0 bridgehead atoms. The first kappa shape index (κ1) is 21.8. The SMILES string of the molecule is COc1ccc(CC(NC(=O)C(C)CN)c2ccc(OC)cc2)cc1.Cl. The molecule has 0 aliphatic carbocycles. The van der Waals surface area contributed by atoms with Crippen molar-refractivity contribution >= 4 is 18.3 Å². The first-order valence-corrected chi connectivity index (χ1v) is 8.34. The highest BCUT2D eigenvalue weighted by Gasteiger charge is 2.19. The van der Waals surface area contributed by atoms with Crippen LogP contribution >= 0.6 is 12.4 Å². The minimum absolute atomic E-state index is 0. The summed E-state index contributed by atoms with van der Waals surface area (Å²) in [6.45, 7) is 2.15. The maximum Gasteiger partial charge on any atom is 0.224 e. The molecule has 1 amide bonds. The topological polar surface area (TPSA) is 73.6 Å². The van der Waals surface area contributed by atoms with Gasteiger partial charge >= 0.3 is 0 Å². The summed E-state index contributed by atoms with van der Waals surface area (Å²) in [5, 5.41) is 3.11. The number of methoxy groups -OCH3 is 2. The number of rotatable bonds is 8. The highest BCUT2D eigenvalue weighted by atomic mass is 35.5. The number of carbonyl (C=O) groups is 1. The molecule has 2 unspecified atom stereocenters. The van der Waals surface area contributed by atoms with Crippen molar-refractivity contribution in [1.82, 2.24) is 5.32 Å². The average molecular weight is 379 g/mol. The van der Waals surface area contributed by atoms with E-state index in [-0.39, 0.29) is 30.3 Å². The number of ether oxygens (including phenoxy) is 2. The van der Waals surface area contributed by atoms with Gasteiger partial charge in [-0.2, -0.15) is 0 Å². The number of hydrogen-bond acceptors (Lipinski definition) is 4. The van der Waals surface area contributed by atoms with E-state index in [4.69, 9.17) is 15.2 Å². The van der Waals surface area contributed by atoms with E-state index in [1.54, 1.807) is 14.2 Å². The molecule has 0 saturated carbocycles. The van der Waals surface area contributed by atoms with E-state index in [0.29, 0.717) is 13.0 Å². The average Bonchev–Trinajstić information content (AvgIpc) is 2.67. The lowest BCUT2D eigenvalue weighted by Gasteiger charge is -2.22. The van der Waals surface area contributed by atoms with Crippen LogP contribution in [-0.2, 0) is 11.2 Å². The minimum Gasteiger partial charge on any atom is -0.497 e. The van der Waals surface area contributed by atoms with E-state index in [1.165, 1.54) is 0 Å². The zero-order valence-electron chi connectivity index (χ0n) is 15.4. The van der Waals surface area contributed by atoms with Crippen molar-refractivity contribution in [2.75, 3.05) is 20.8 Å². The highest BCUT2D eigenvalue weighted by molar-refractivity contribution is 5.85. The quantitative estimate of drug-likeness (QED) is 0.740. The van der Waals surface area contributed by atoms with Gasteiger partial charge in [0.25, 0.3) is 0 Å². The maximum atomic E-state index is 12.3. The highest BCUT2D eigenvalue weighted by Crippen LogP contribution is 2.23. The van der Waals surface area contributed by atoms with Crippen molar-refractivity contribution in [3.05, 3.63) is 59.7 Å². The summed E-state index contributed by atoms with van der Waals surface area (Å²) in [7, 11) is 3.28. The van der Waals surface area contributed by atoms with Gasteiger partial charge in [0.1, 0.15) is 11.5 Å². The van der Waals surface area contributed by atoms with Crippen molar-refractivity contribution in [2.45, 2.75) is 19.4 Å². The van der Waals surface area contributed by atoms with Gasteiger partial charge in [-0.3, -0.25) is 4.79 Å². The third kappa shape index (κ3) is 5.93. The number of halogens is 1. The Bertz CT molecular complexity index is 674. The lowest BCUT2D eigenvalue weighted by atomic mass is 9.97. The summed E-state index contributed by atoms with van der Waals surface area (Å²) in [6.07, 6.45) is 0.680. The van der Waals surface area contributed by atoms with E-state index in [2.05, 4.69) is 5.32 Å². The van der Waals surface area contributed by atoms with Crippen LogP contribution < -0.4 is 20.5 Å². The van der Waals surface area contributed by atoms with Gasteiger partial charge in [-0.15, -0.1) is 12.4 Å². The number of carbonyl (C=O) groups excluding carboxylic acids is 1. The van der Waals surface area contributed by atoms with Crippen molar-refractivity contribution in [3.8, 4) is 11.5 Å². The van der Waals surface area contributed by atoms with Crippen LogP contribution in [0.2, 0.25) is 0 Å². The van der Waals surface area contributed by atoms with Gasteiger partial charge in [-0.1, -0.05) is 31.2 Å². The Hall–Kier alpha value is -2.24. The van der Waals surface area contributed by atoms with Gasteiger partial charge in [0.05, 0.1) is 20.3 Å². The smallest absolute Gasteiger partial charge is 0.224 e. The normalized spacial score (nSPS) is 12.5. The monoisotopic (exact) mass is 378 g/mol. The predicted octanol–water partition coefficient (Wildman–Crippen LogP) is 3.12. The van der Waals surface area contributed by atoms with Gasteiger partial charge in [0.15, 0.2) is 0 Å². The second kappa shape index (κ2) is 10.7. The van der Waals surface area contributed by atoms with E-state index in [9.17, 15) is 4.79 Å². The molecule has 0 radical (unpaired) electrons. The van der Waals surface area contributed by atoms with Crippen LogP contribution in [0.1, 0.15) is 24.1 Å². The molecule has 0 saturated heterocycles. The first-order valence-electron chi connectivity index (χ1n) is 8.34. The summed E-state index contributed by atoms with van der Waals surface area (Å²) in [5.74, 6) is 1.33. The lowest BCUT2D eigenvalue weighted by Crippen LogP contribution is -2.36. The summed E-state index contributed by atoms with van der Waals surface area (Å²) in [6, 6.07) is 15.5. The molecule has 0 aromatic heterocycles. The molecule has 0 heterocycles. The zero-order chi connectivity index (χ0) is 18.2. The Labute approximate surface area is 161 Å². The molecule has 5 nitrogen and oxygen atoms in total. The van der Waals surface area contributed by atoms with E-state index < -0.39 is 0 Å². The lowest BCUT2D eigenvalue weighted by molar-refractivity contribution is -0.125. The molecule has 2 atom stereocenters. The molecule has 2 aromatic rings. The fraction of sp³-hybridized carbons (Fsp3) is 0.350. The van der Waals surface area contributed by atoms with Gasteiger partial charge in [-0.05, 0) is 41.8 Å². The van der Waals surface area contributed by atoms with Crippen LogP contribution in [0.5, 0.6) is 11.5 Å². The molecular weight excluding hydrogens is 352 g/mol. The van der Waals surface area contributed by atoms with Crippen molar-refractivity contribution in [2.24, 2.45) is 11.7 Å². The van der Waals surface area contributed by atoms with E-state index in [1.807, 2.05) is 55.5 Å². The molecule has 2 aromatic carbocycles. The molecule has 0 fully saturated rings. The van der Waals surface area contributed by atoms with Crippen LogP contribution in [0.3, 0.4) is 0 Å². The Morgan fingerprint density at radius 2 is 1.50 bits per heavy atom. The number of nitrogens with one attached hydrogen (secondary N) is 1. The van der Waals surface area contributed by atoms with E-state index in [0.717, 1.165) is 22.6 Å². The van der Waals surface area contributed by atoms with Crippen molar-refractivity contribution < 1.29 is 14.3 Å². The predicted molar refractivity (Wildman–Crippen MR) is 106 cm³/mol. The first-order chi connectivity index (χ1) is 12.1. The Morgan fingerprint density at radius 1 is 1.00 bits per heavy atom. The molecule has 142 valence electrons. The largest absolute Gasteiger partial charge is 0.497 e. The maximum absolute atomic E-state index is 12.3. The molecular formula is C20H27ClN2O3. The summed E-state index contributed by atoms with van der Waals surface area (Å²) < 4.78 is 10.4. The Morgan fingerprint density at radius 3 is 1.96 bits per heavy atom. The van der Waals surface area contributed by atoms with Crippen LogP contribution in [-0.4, -0.2) is 26.7 Å². The van der Waals surface area contributed by atoms with Gasteiger partial charge in [0.2, 0.25) is 5.91 Å². The van der Waals surface area contributed by atoms with E-state index >= 15 is 0 Å². The van der Waals surface area contributed by atoms with Gasteiger partial charge in [-0.25, -0.2) is 0 Å². The molecule has 0 spiro atoms. The van der Waals surface area contributed by atoms with Gasteiger partial charge in [0, 0.05) is 12.5 Å². The Kier molecular flexibility index (Phi) is 8.96.